The molecular weight excluding hydrogens is 414 g/mol. The van der Waals surface area contributed by atoms with Gasteiger partial charge in [0, 0.05) is 40.8 Å². The zero-order valence-corrected chi connectivity index (χ0v) is 18.8. The second kappa shape index (κ2) is 9.24. The van der Waals surface area contributed by atoms with Crippen LogP contribution in [0.4, 0.5) is 0 Å². The van der Waals surface area contributed by atoms with Crippen LogP contribution in [0, 0.1) is 6.92 Å². The van der Waals surface area contributed by atoms with E-state index in [0.29, 0.717) is 42.2 Å². The average molecular weight is 442 g/mol. The number of Topliss-reactive ketones (excluding diaryl/α,β-unsaturated/α-hetero) is 1. The average Bonchev–Trinajstić information content (AvgIpc) is 3.42. The minimum atomic E-state index is -0.568. The van der Waals surface area contributed by atoms with Gasteiger partial charge in [-0.05, 0) is 50.8 Å². The highest BCUT2D eigenvalue weighted by atomic mass is 32.1. The summed E-state index contributed by atoms with van der Waals surface area (Å²) in [5, 5.41) is 5.38. The van der Waals surface area contributed by atoms with Crippen molar-refractivity contribution in [2.24, 2.45) is 0 Å². The minimum absolute atomic E-state index is 0.0401. The van der Waals surface area contributed by atoms with Crippen molar-refractivity contribution in [3.8, 4) is 0 Å². The molecule has 164 valence electrons. The summed E-state index contributed by atoms with van der Waals surface area (Å²) in [4.78, 5) is 27.6. The summed E-state index contributed by atoms with van der Waals surface area (Å²) in [6.45, 7) is 6.65. The first-order valence-corrected chi connectivity index (χ1v) is 11.5. The fourth-order valence-corrected chi connectivity index (χ4v) is 5.17. The molecule has 3 heterocycles. The standard InChI is InChI=1S/C24H27NO5S/c1-4-28-9-10-29-24(27)21-15(3)25-17-12-16(20-6-5-11-31-20)13-18(26)22(17)23(21)19-8-7-14(2)30-19/h5-8,11,16,23,25H,4,9-10,12-13H2,1-3H3/t16-,23-/m1/s1. The van der Waals surface area contributed by atoms with Crippen LogP contribution in [0.2, 0.25) is 0 Å². The van der Waals surface area contributed by atoms with Crippen molar-refractivity contribution in [1.82, 2.24) is 5.32 Å². The number of ketones is 1. The number of allylic oxidation sites excluding steroid dienone is 3. The molecule has 7 heteroatoms. The number of hydrogen-bond acceptors (Lipinski definition) is 7. The number of carbonyl (C=O) groups is 2. The molecule has 0 saturated carbocycles. The summed E-state index contributed by atoms with van der Waals surface area (Å²) >= 11 is 1.67. The summed E-state index contributed by atoms with van der Waals surface area (Å²) in [6.07, 6.45) is 1.14. The third-order valence-corrected chi connectivity index (χ3v) is 6.74. The molecule has 6 nitrogen and oxygen atoms in total. The van der Waals surface area contributed by atoms with Gasteiger partial charge >= 0.3 is 5.97 Å². The molecule has 2 atom stereocenters. The predicted octanol–water partition coefficient (Wildman–Crippen LogP) is 4.59. The van der Waals surface area contributed by atoms with Crippen LogP contribution in [0.3, 0.4) is 0 Å². The lowest BCUT2D eigenvalue weighted by Crippen LogP contribution is -2.36. The Morgan fingerprint density at radius 2 is 2.06 bits per heavy atom. The van der Waals surface area contributed by atoms with Gasteiger partial charge in [-0.3, -0.25) is 4.79 Å². The maximum atomic E-state index is 13.4. The third-order valence-electron chi connectivity index (χ3n) is 5.70. The highest BCUT2D eigenvalue weighted by molar-refractivity contribution is 7.10. The van der Waals surface area contributed by atoms with E-state index in [1.807, 2.05) is 44.4 Å². The topological polar surface area (TPSA) is 77.8 Å². The van der Waals surface area contributed by atoms with Crippen molar-refractivity contribution in [3.63, 3.8) is 0 Å². The van der Waals surface area contributed by atoms with E-state index < -0.39 is 11.9 Å². The van der Waals surface area contributed by atoms with Crippen molar-refractivity contribution in [3.05, 3.63) is 68.6 Å². The van der Waals surface area contributed by atoms with Crippen LogP contribution in [0.15, 0.2) is 56.6 Å². The molecule has 0 spiro atoms. The SMILES string of the molecule is CCOCCOC(=O)C1=C(C)NC2=C(C(=O)C[C@H](c3cccs3)C2)[C@@H]1c1ccc(C)o1. The highest BCUT2D eigenvalue weighted by Gasteiger charge is 2.42. The van der Waals surface area contributed by atoms with Crippen LogP contribution in [0.5, 0.6) is 0 Å². The molecule has 0 aromatic carbocycles. The Hall–Kier alpha value is -2.64. The van der Waals surface area contributed by atoms with E-state index >= 15 is 0 Å². The smallest absolute Gasteiger partial charge is 0.336 e. The molecule has 31 heavy (non-hydrogen) atoms. The minimum Gasteiger partial charge on any atom is -0.465 e. The largest absolute Gasteiger partial charge is 0.465 e. The summed E-state index contributed by atoms with van der Waals surface area (Å²) < 4.78 is 16.7. The second-order valence-corrected chi connectivity index (χ2v) is 8.79. The Kier molecular flexibility index (Phi) is 6.43. The van der Waals surface area contributed by atoms with Gasteiger partial charge in [-0.15, -0.1) is 11.3 Å². The number of nitrogens with one attached hydrogen (secondary N) is 1. The third kappa shape index (κ3) is 4.38. The number of hydrogen-bond donors (Lipinski definition) is 1. The monoisotopic (exact) mass is 441 g/mol. The Balaban J connectivity index is 1.69. The van der Waals surface area contributed by atoms with Gasteiger partial charge in [0.05, 0.1) is 18.1 Å². The molecule has 1 aliphatic carbocycles. The molecule has 0 fully saturated rings. The number of thiophene rings is 1. The maximum Gasteiger partial charge on any atom is 0.336 e. The Morgan fingerprint density at radius 1 is 1.23 bits per heavy atom. The van der Waals surface area contributed by atoms with Crippen molar-refractivity contribution in [2.45, 2.75) is 45.4 Å². The van der Waals surface area contributed by atoms with Crippen LogP contribution in [-0.2, 0) is 19.1 Å². The second-order valence-electron chi connectivity index (χ2n) is 7.81. The zero-order chi connectivity index (χ0) is 22.0. The molecule has 0 saturated heterocycles. The van der Waals surface area contributed by atoms with Crippen LogP contribution < -0.4 is 5.32 Å². The van der Waals surface area contributed by atoms with Gasteiger partial charge in [-0.1, -0.05) is 6.07 Å². The van der Waals surface area contributed by atoms with Crippen molar-refractivity contribution < 1.29 is 23.5 Å². The fraction of sp³-hybridized carbons (Fsp3) is 0.417. The number of ether oxygens (including phenoxy) is 2. The number of rotatable bonds is 7. The Labute approximate surface area is 185 Å². The van der Waals surface area contributed by atoms with Gasteiger partial charge in [0.15, 0.2) is 5.78 Å². The van der Waals surface area contributed by atoms with E-state index in [2.05, 4.69) is 11.4 Å². The summed E-state index contributed by atoms with van der Waals surface area (Å²) in [7, 11) is 0. The van der Waals surface area contributed by atoms with E-state index in [-0.39, 0.29) is 18.3 Å². The lowest BCUT2D eigenvalue weighted by Gasteiger charge is -2.35. The Bertz CT molecular complexity index is 1030. The summed E-state index contributed by atoms with van der Waals surface area (Å²) in [6, 6.07) is 7.79. The van der Waals surface area contributed by atoms with E-state index in [9.17, 15) is 9.59 Å². The molecule has 0 bridgehead atoms. The molecule has 0 unspecified atom stereocenters. The van der Waals surface area contributed by atoms with E-state index in [4.69, 9.17) is 13.9 Å². The number of carbonyl (C=O) groups excluding carboxylic acids is 2. The van der Waals surface area contributed by atoms with Crippen molar-refractivity contribution >= 4 is 23.1 Å². The van der Waals surface area contributed by atoms with Gasteiger partial charge in [0.2, 0.25) is 0 Å². The quantitative estimate of drug-likeness (QED) is 0.500. The summed E-state index contributed by atoms with van der Waals surface area (Å²) in [5.74, 6) is 0.482. The van der Waals surface area contributed by atoms with Crippen LogP contribution in [0.25, 0.3) is 0 Å². The number of esters is 1. The fourth-order valence-electron chi connectivity index (χ4n) is 4.34. The van der Waals surface area contributed by atoms with Crippen LogP contribution in [0.1, 0.15) is 54.9 Å². The van der Waals surface area contributed by atoms with Crippen LogP contribution >= 0.6 is 11.3 Å². The predicted molar refractivity (Wildman–Crippen MR) is 118 cm³/mol. The molecule has 0 amide bonds. The lowest BCUT2D eigenvalue weighted by molar-refractivity contribution is -0.141. The van der Waals surface area contributed by atoms with Gasteiger partial charge in [-0.25, -0.2) is 4.79 Å². The van der Waals surface area contributed by atoms with Crippen molar-refractivity contribution in [2.75, 3.05) is 19.8 Å². The highest BCUT2D eigenvalue weighted by Crippen LogP contribution is 2.46. The van der Waals surface area contributed by atoms with Crippen molar-refractivity contribution in [1.29, 1.82) is 0 Å². The molecule has 4 rings (SSSR count). The molecule has 2 aromatic rings. The van der Waals surface area contributed by atoms with Crippen LogP contribution in [-0.4, -0.2) is 31.6 Å². The first kappa shape index (κ1) is 21.6. The molecule has 1 N–H and O–H groups in total. The normalized spacial score (nSPS) is 21.2. The molecule has 2 aromatic heterocycles. The van der Waals surface area contributed by atoms with Gasteiger partial charge < -0.3 is 19.2 Å². The number of dihydropyridines is 1. The molecule has 2 aliphatic rings. The van der Waals surface area contributed by atoms with Gasteiger partial charge in [0.1, 0.15) is 18.1 Å². The zero-order valence-electron chi connectivity index (χ0n) is 18.0. The van der Waals surface area contributed by atoms with Gasteiger partial charge in [0.25, 0.3) is 0 Å². The van der Waals surface area contributed by atoms with E-state index in [0.717, 1.165) is 17.9 Å². The van der Waals surface area contributed by atoms with E-state index in [1.165, 1.54) is 4.88 Å². The van der Waals surface area contributed by atoms with Gasteiger partial charge in [-0.2, -0.15) is 0 Å². The first-order valence-electron chi connectivity index (χ1n) is 10.6. The first-order chi connectivity index (χ1) is 15.0. The summed E-state index contributed by atoms with van der Waals surface area (Å²) in [5.41, 5.74) is 2.60. The number of furan rings is 1. The number of aryl methyl sites for hydroxylation is 1. The maximum absolute atomic E-state index is 13.4. The molecular formula is C24H27NO5S. The molecule has 0 radical (unpaired) electrons. The molecule has 1 aliphatic heterocycles. The Morgan fingerprint density at radius 3 is 2.74 bits per heavy atom. The lowest BCUT2D eigenvalue weighted by atomic mass is 9.74. The van der Waals surface area contributed by atoms with E-state index in [1.54, 1.807) is 11.3 Å².